The van der Waals surface area contributed by atoms with E-state index in [1.54, 1.807) is 12.3 Å². The molecule has 2 N–H and O–H groups in total. The highest BCUT2D eigenvalue weighted by molar-refractivity contribution is 7.99. The summed E-state index contributed by atoms with van der Waals surface area (Å²) in [6, 6.07) is 9.25. The average Bonchev–Trinajstić information content (AvgIpc) is 3.46. The van der Waals surface area contributed by atoms with E-state index in [0.717, 1.165) is 24.8 Å². The van der Waals surface area contributed by atoms with Gasteiger partial charge in [-0.25, -0.2) is 4.39 Å². The first-order chi connectivity index (χ1) is 16.4. The molecule has 1 saturated heterocycles. The number of nitrogens with zero attached hydrogens (tertiary/aromatic N) is 4. The fraction of sp³-hybridized carbons (Fsp3) is 0.391. The Morgan fingerprint density at radius 2 is 1.88 bits per heavy atom. The zero-order valence-corrected chi connectivity index (χ0v) is 19.8. The molecule has 34 heavy (non-hydrogen) atoms. The Bertz CT molecular complexity index is 1130. The molecule has 1 aromatic carbocycles. The number of hydrogen-bond donors (Lipinski definition) is 2. The molecule has 11 heteroatoms. The minimum absolute atomic E-state index is 0.0132. The van der Waals surface area contributed by atoms with Crippen molar-refractivity contribution >= 4 is 29.5 Å². The van der Waals surface area contributed by atoms with Gasteiger partial charge in [-0.15, -0.1) is 10.2 Å². The molecule has 0 spiro atoms. The van der Waals surface area contributed by atoms with Crippen LogP contribution in [0.15, 0.2) is 52.2 Å². The van der Waals surface area contributed by atoms with E-state index >= 15 is 0 Å². The van der Waals surface area contributed by atoms with Crippen molar-refractivity contribution in [1.82, 2.24) is 25.6 Å². The molecule has 2 atom stereocenters. The van der Waals surface area contributed by atoms with Crippen LogP contribution in [0.3, 0.4) is 0 Å². The van der Waals surface area contributed by atoms with Gasteiger partial charge in [0.25, 0.3) is 5.91 Å². The maximum atomic E-state index is 13.7. The van der Waals surface area contributed by atoms with Gasteiger partial charge in [0.15, 0.2) is 5.16 Å². The van der Waals surface area contributed by atoms with E-state index in [-0.39, 0.29) is 11.3 Å². The summed E-state index contributed by atoms with van der Waals surface area (Å²) in [5.74, 6) is 0.712. The summed E-state index contributed by atoms with van der Waals surface area (Å²) >= 11 is 1.20. The molecule has 0 saturated carbocycles. The quantitative estimate of drug-likeness (QED) is 0.391. The number of benzene rings is 1. The number of carbonyl (C=O) groups excluding carboxylic acids is 2. The third-order valence-corrected chi connectivity index (χ3v) is 6.48. The first kappa shape index (κ1) is 23.8. The lowest BCUT2D eigenvalue weighted by Gasteiger charge is -2.35. The summed E-state index contributed by atoms with van der Waals surface area (Å²) in [5, 5.41) is 9.31. The summed E-state index contributed by atoms with van der Waals surface area (Å²) < 4.78 is 21.2. The van der Waals surface area contributed by atoms with Crippen LogP contribution in [-0.4, -0.2) is 45.4 Å². The molecule has 4 rings (SSSR count). The zero-order valence-electron chi connectivity index (χ0n) is 19.0. The zero-order chi connectivity index (χ0) is 24.1. The minimum Gasteiger partial charge on any atom is -0.467 e. The van der Waals surface area contributed by atoms with Gasteiger partial charge in [0, 0.05) is 13.1 Å². The Morgan fingerprint density at radius 3 is 2.59 bits per heavy atom. The van der Waals surface area contributed by atoms with E-state index in [4.69, 9.17) is 4.42 Å². The van der Waals surface area contributed by atoms with Crippen LogP contribution in [0, 0.1) is 17.7 Å². The van der Waals surface area contributed by atoms with Crippen molar-refractivity contribution in [2.75, 3.05) is 23.7 Å². The van der Waals surface area contributed by atoms with E-state index in [0.29, 0.717) is 23.5 Å². The Morgan fingerprint density at radius 1 is 1.12 bits per heavy atom. The van der Waals surface area contributed by atoms with E-state index < -0.39 is 17.6 Å². The summed E-state index contributed by atoms with van der Waals surface area (Å²) in [6.07, 6.45) is 2.78. The predicted octanol–water partition coefficient (Wildman–Crippen LogP) is 3.09. The topological polar surface area (TPSA) is 105 Å². The maximum absolute atomic E-state index is 13.7. The monoisotopic (exact) mass is 486 g/mol. The van der Waals surface area contributed by atoms with Crippen molar-refractivity contribution in [2.45, 2.75) is 32.0 Å². The Hall–Kier alpha value is -3.34. The Labute approximate surface area is 201 Å². The second kappa shape index (κ2) is 10.7. The molecule has 3 aromatic rings. The molecule has 0 radical (unpaired) electrons. The number of halogens is 1. The average molecular weight is 487 g/mol. The van der Waals surface area contributed by atoms with Crippen LogP contribution in [0.5, 0.6) is 0 Å². The van der Waals surface area contributed by atoms with Gasteiger partial charge in [0.2, 0.25) is 11.9 Å². The van der Waals surface area contributed by atoms with Crippen LogP contribution in [-0.2, 0) is 11.3 Å². The van der Waals surface area contributed by atoms with Crippen LogP contribution in [0.2, 0.25) is 0 Å². The largest absolute Gasteiger partial charge is 0.467 e. The van der Waals surface area contributed by atoms with Crippen LogP contribution in [0.25, 0.3) is 0 Å². The maximum Gasteiger partial charge on any atom is 0.272 e. The second-order valence-corrected chi connectivity index (χ2v) is 9.51. The lowest BCUT2D eigenvalue weighted by atomic mass is 9.92. The molecule has 3 heterocycles. The molecule has 180 valence electrons. The van der Waals surface area contributed by atoms with Crippen LogP contribution in [0.1, 0.15) is 36.4 Å². The van der Waals surface area contributed by atoms with Crippen LogP contribution >= 0.6 is 11.8 Å². The molecular weight excluding hydrogens is 459 g/mol. The van der Waals surface area contributed by atoms with Gasteiger partial charge < -0.3 is 9.32 Å². The Balaban J connectivity index is 1.41. The lowest BCUT2D eigenvalue weighted by Crippen LogP contribution is -2.42. The fourth-order valence-electron chi connectivity index (χ4n) is 4.15. The third-order valence-electron chi connectivity index (χ3n) is 5.51. The van der Waals surface area contributed by atoms with E-state index in [1.807, 2.05) is 16.7 Å². The molecule has 1 aliphatic heterocycles. The second-order valence-electron chi connectivity index (χ2n) is 8.57. The first-order valence-corrected chi connectivity index (χ1v) is 12.1. The van der Waals surface area contributed by atoms with Crippen molar-refractivity contribution in [2.24, 2.45) is 11.8 Å². The summed E-state index contributed by atoms with van der Waals surface area (Å²) in [7, 11) is 0. The SMILES string of the molecule is C[C@@H]1C[C@@H](C)CN(c2nnc(SCC(=O)NNC(=O)c3ccccc3F)n2Cc2ccco2)C1. The normalized spacial score (nSPS) is 18.0. The van der Waals surface area contributed by atoms with E-state index in [1.165, 1.54) is 36.4 Å². The molecule has 2 aromatic heterocycles. The summed E-state index contributed by atoms with van der Waals surface area (Å²) in [6.45, 7) is 6.65. The van der Waals surface area contributed by atoms with Crippen LogP contribution < -0.4 is 15.8 Å². The van der Waals surface area contributed by atoms with Crippen molar-refractivity contribution in [3.05, 3.63) is 59.8 Å². The summed E-state index contributed by atoms with van der Waals surface area (Å²) in [5.41, 5.74) is 4.40. The van der Waals surface area contributed by atoms with Gasteiger partial charge >= 0.3 is 0 Å². The van der Waals surface area contributed by atoms with E-state index in [2.05, 4.69) is 39.8 Å². The molecule has 2 amide bonds. The molecule has 0 bridgehead atoms. The minimum atomic E-state index is -0.729. The molecule has 9 nitrogen and oxygen atoms in total. The number of aromatic nitrogens is 3. The molecule has 0 unspecified atom stereocenters. The molecule has 1 fully saturated rings. The number of piperidine rings is 1. The van der Waals surface area contributed by atoms with Gasteiger partial charge in [0.1, 0.15) is 11.6 Å². The number of anilines is 1. The number of furan rings is 1. The predicted molar refractivity (Wildman–Crippen MR) is 126 cm³/mol. The summed E-state index contributed by atoms with van der Waals surface area (Å²) in [4.78, 5) is 26.7. The number of carbonyl (C=O) groups is 2. The van der Waals surface area contributed by atoms with Gasteiger partial charge in [-0.3, -0.25) is 25.0 Å². The van der Waals surface area contributed by atoms with Crippen molar-refractivity contribution in [3.8, 4) is 0 Å². The van der Waals surface area contributed by atoms with Gasteiger partial charge in [-0.2, -0.15) is 0 Å². The van der Waals surface area contributed by atoms with Gasteiger partial charge in [0.05, 0.1) is 24.1 Å². The molecular formula is C23H27FN6O3S. The van der Waals surface area contributed by atoms with E-state index in [9.17, 15) is 14.0 Å². The highest BCUT2D eigenvalue weighted by Gasteiger charge is 2.27. The van der Waals surface area contributed by atoms with Crippen molar-refractivity contribution in [3.63, 3.8) is 0 Å². The van der Waals surface area contributed by atoms with Crippen molar-refractivity contribution < 1.29 is 18.4 Å². The van der Waals surface area contributed by atoms with Crippen LogP contribution in [0.4, 0.5) is 10.3 Å². The van der Waals surface area contributed by atoms with Gasteiger partial charge in [-0.1, -0.05) is 37.7 Å². The van der Waals surface area contributed by atoms with Crippen molar-refractivity contribution in [1.29, 1.82) is 0 Å². The number of hydrogen-bond acceptors (Lipinski definition) is 7. The smallest absolute Gasteiger partial charge is 0.272 e. The number of nitrogens with one attached hydrogen (secondary N) is 2. The lowest BCUT2D eigenvalue weighted by molar-refractivity contribution is -0.119. The van der Waals surface area contributed by atoms with Gasteiger partial charge in [-0.05, 0) is 42.5 Å². The molecule has 1 aliphatic rings. The third kappa shape index (κ3) is 5.77. The molecule has 0 aliphatic carbocycles. The fourth-order valence-corrected chi connectivity index (χ4v) is 4.88. The first-order valence-electron chi connectivity index (χ1n) is 11.1. The number of amides is 2. The Kier molecular flexibility index (Phi) is 7.51. The standard InChI is InChI=1S/C23H27FN6O3S/c1-15-10-16(2)12-29(11-15)22-27-28-23(30(22)13-17-6-5-9-33-17)34-14-20(31)25-26-21(32)18-7-3-4-8-19(18)24/h3-9,15-16H,10-14H2,1-2H3,(H,25,31)(H,26,32)/t15-,16-/m1/s1. The number of rotatable bonds is 7. The highest BCUT2D eigenvalue weighted by Crippen LogP contribution is 2.29. The number of hydrazine groups is 1. The highest BCUT2D eigenvalue weighted by atomic mass is 32.2. The number of thioether (sulfide) groups is 1.